The lowest BCUT2D eigenvalue weighted by molar-refractivity contribution is -0.384. The maximum absolute atomic E-state index is 13.7. The molecule has 9 heteroatoms. The van der Waals surface area contributed by atoms with E-state index in [9.17, 15) is 19.7 Å². The Hall–Kier alpha value is -4.53. The molecule has 3 aromatic carbocycles. The highest BCUT2D eigenvalue weighted by atomic mass is 16.6. The fourth-order valence-corrected chi connectivity index (χ4v) is 4.27. The van der Waals surface area contributed by atoms with Gasteiger partial charge in [0.15, 0.2) is 0 Å². The van der Waals surface area contributed by atoms with Gasteiger partial charge in [0, 0.05) is 24.4 Å². The second-order valence-electron chi connectivity index (χ2n) is 8.75. The van der Waals surface area contributed by atoms with E-state index in [1.807, 2.05) is 44.2 Å². The maximum atomic E-state index is 13.7. The summed E-state index contributed by atoms with van der Waals surface area (Å²) in [4.78, 5) is 44.0. The number of nitro groups is 1. The third kappa shape index (κ3) is 5.35. The number of nitro benzene ring substituents is 1. The number of urea groups is 1. The Morgan fingerprint density at radius 1 is 1.05 bits per heavy atom. The lowest BCUT2D eigenvalue weighted by Gasteiger charge is -2.30. The van der Waals surface area contributed by atoms with Crippen LogP contribution in [0.1, 0.15) is 44.6 Å². The van der Waals surface area contributed by atoms with Gasteiger partial charge in [-0.25, -0.2) is 9.78 Å². The van der Waals surface area contributed by atoms with Gasteiger partial charge in [0.05, 0.1) is 27.6 Å². The summed E-state index contributed by atoms with van der Waals surface area (Å²) in [6.45, 7) is 6.29. The van der Waals surface area contributed by atoms with Crippen LogP contribution in [0, 0.1) is 10.1 Å². The van der Waals surface area contributed by atoms with Crippen LogP contribution in [0.5, 0.6) is 0 Å². The minimum atomic E-state index is -0.554. The van der Waals surface area contributed by atoms with Crippen LogP contribution in [-0.4, -0.2) is 32.0 Å². The van der Waals surface area contributed by atoms with Gasteiger partial charge in [0.1, 0.15) is 5.82 Å². The standard InChI is InChI=1S/C28H29N5O4/c1-4-18-31(28(35)29-21-12-16-23(17-13-21)33(36)37)19(3)26-30-25-9-7-6-8-24(25)27(34)32(26)22-14-10-20(5-2)11-15-22/h6-17,19H,4-5,18H2,1-3H3,(H,29,35). The highest BCUT2D eigenvalue weighted by Gasteiger charge is 2.26. The van der Waals surface area contributed by atoms with Crippen LogP contribution in [0.25, 0.3) is 16.6 Å². The quantitative estimate of drug-likeness (QED) is 0.241. The molecule has 37 heavy (non-hydrogen) atoms. The summed E-state index contributed by atoms with van der Waals surface area (Å²) in [5, 5.41) is 14.3. The Morgan fingerprint density at radius 2 is 1.73 bits per heavy atom. The van der Waals surface area contributed by atoms with Crippen LogP contribution in [0.2, 0.25) is 0 Å². The van der Waals surface area contributed by atoms with Gasteiger partial charge in [-0.2, -0.15) is 0 Å². The van der Waals surface area contributed by atoms with Crippen molar-refractivity contribution in [2.75, 3.05) is 11.9 Å². The molecule has 1 heterocycles. The van der Waals surface area contributed by atoms with Crippen molar-refractivity contribution in [1.29, 1.82) is 0 Å². The molecule has 190 valence electrons. The van der Waals surface area contributed by atoms with Gasteiger partial charge in [-0.3, -0.25) is 19.5 Å². The zero-order valence-electron chi connectivity index (χ0n) is 21.0. The zero-order chi connectivity index (χ0) is 26.5. The Kier molecular flexibility index (Phi) is 7.62. The van der Waals surface area contributed by atoms with Crippen LogP contribution in [0.3, 0.4) is 0 Å². The summed E-state index contributed by atoms with van der Waals surface area (Å²) in [6.07, 6.45) is 1.56. The number of carbonyl (C=O) groups excluding carboxylic acids is 1. The van der Waals surface area contributed by atoms with Crippen molar-refractivity contribution in [2.45, 2.75) is 39.7 Å². The predicted molar refractivity (Wildman–Crippen MR) is 144 cm³/mol. The smallest absolute Gasteiger partial charge is 0.315 e. The first kappa shape index (κ1) is 25.6. The molecule has 0 saturated carbocycles. The number of aromatic nitrogens is 2. The molecule has 0 radical (unpaired) electrons. The highest BCUT2D eigenvalue weighted by Crippen LogP contribution is 2.25. The first-order valence-electron chi connectivity index (χ1n) is 12.3. The van der Waals surface area contributed by atoms with Gasteiger partial charge in [0.2, 0.25) is 0 Å². The minimum Gasteiger partial charge on any atom is -0.315 e. The second-order valence-corrected chi connectivity index (χ2v) is 8.75. The molecule has 0 aliphatic rings. The molecule has 0 aliphatic carbocycles. The average molecular weight is 500 g/mol. The third-order valence-corrected chi connectivity index (χ3v) is 6.30. The number of hydrogen-bond acceptors (Lipinski definition) is 5. The van der Waals surface area contributed by atoms with E-state index in [0.29, 0.717) is 41.1 Å². The summed E-state index contributed by atoms with van der Waals surface area (Å²) in [6, 6.07) is 19.6. The van der Waals surface area contributed by atoms with E-state index >= 15 is 0 Å². The number of nitrogens with zero attached hydrogens (tertiary/aromatic N) is 4. The van der Waals surface area contributed by atoms with Gasteiger partial charge in [-0.1, -0.05) is 38.1 Å². The van der Waals surface area contributed by atoms with E-state index < -0.39 is 17.0 Å². The third-order valence-electron chi connectivity index (χ3n) is 6.30. The largest absolute Gasteiger partial charge is 0.322 e. The van der Waals surface area contributed by atoms with Gasteiger partial charge >= 0.3 is 6.03 Å². The van der Waals surface area contributed by atoms with Crippen molar-refractivity contribution in [2.24, 2.45) is 0 Å². The number of hydrogen-bond donors (Lipinski definition) is 1. The molecule has 0 fully saturated rings. The molecule has 0 aliphatic heterocycles. The van der Waals surface area contributed by atoms with E-state index in [0.717, 1.165) is 12.0 Å². The molecule has 1 N–H and O–H groups in total. The van der Waals surface area contributed by atoms with Crippen molar-refractivity contribution in [1.82, 2.24) is 14.5 Å². The summed E-state index contributed by atoms with van der Waals surface area (Å²) in [5.41, 5.74) is 2.55. The maximum Gasteiger partial charge on any atom is 0.322 e. The number of para-hydroxylation sites is 1. The molecule has 1 aromatic heterocycles. The van der Waals surface area contributed by atoms with Crippen LogP contribution in [-0.2, 0) is 6.42 Å². The fourth-order valence-electron chi connectivity index (χ4n) is 4.27. The Morgan fingerprint density at radius 3 is 2.35 bits per heavy atom. The van der Waals surface area contributed by atoms with Gasteiger partial charge in [0.25, 0.3) is 11.2 Å². The van der Waals surface area contributed by atoms with Crippen LogP contribution in [0.4, 0.5) is 16.2 Å². The predicted octanol–water partition coefficient (Wildman–Crippen LogP) is 5.86. The Labute approximate surface area is 214 Å². The Balaban J connectivity index is 1.77. The van der Waals surface area contributed by atoms with E-state index in [2.05, 4.69) is 12.2 Å². The number of aryl methyl sites for hydroxylation is 1. The van der Waals surface area contributed by atoms with E-state index in [4.69, 9.17) is 4.98 Å². The van der Waals surface area contributed by atoms with Crippen molar-refractivity contribution in [3.05, 3.63) is 105 Å². The molecular weight excluding hydrogens is 470 g/mol. The fraction of sp³-hybridized carbons (Fsp3) is 0.250. The summed E-state index contributed by atoms with van der Waals surface area (Å²) in [7, 11) is 0. The molecule has 0 spiro atoms. The normalized spacial score (nSPS) is 11.8. The van der Waals surface area contributed by atoms with Gasteiger partial charge in [-0.15, -0.1) is 0 Å². The van der Waals surface area contributed by atoms with Crippen molar-refractivity contribution in [3.8, 4) is 5.69 Å². The summed E-state index contributed by atoms with van der Waals surface area (Å²) >= 11 is 0. The number of rotatable bonds is 8. The monoisotopic (exact) mass is 499 g/mol. The Bertz CT molecular complexity index is 1480. The molecule has 0 saturated heterocycles. The van der Waals surface area contributed by atoms with Gasteiger partial charge in [-0.05, 0) is 61.7 Å². The number of carbonyl (C=O) groups is 1. The number of non-ortho nitro benzene ring substituents is 1. The lowest BCUT2D eigenvalue weighted by Crippen LogP contribution is -2.40. The van der Waals surface area contributed by atoms with E-state index in [-0.39, 0.29) is 11.2 Å². The van der Waals surface area contributed by atoms with Crippen molar-refractivity contribution >= 4 is 28.3 Å². The van der Waals surface area contributed by atoms with E-state index in [1.54, 1.807) is 27.7 Å². The molecule has 4 rings (SSSR count). The highest BCUT2D eigenvalue weighted by molar-refractivity contribution is 5.89. The second kappa shape index (κ2) is 11.0. The number of fused-ring (bicyclic) bond motifs is 1. The molecule has 1 unspecified atom stereocenters. The number of benzene rings is 3. The molecular formula is C28H29N5O4. The summed E-state index contributed by atoms with van der Waals surface area (Å²) in [5.74, 6) is 0.445. The van der Waals surface area contributed by atoms with Crippen LogP contribution < -0.4 is 10.9 Å². The SMILES string of the molecule is CCCN(C(=O)Nc1ccc([N+](=O)[O-])cc1)C(C)c1nc2ccccc2c(=O)n1-c1ccc(CC)cc1. The van der Waals surface area contributed by atoms with Gasteiger partial charge < -0.3 is 10.2 Å². The number of amides is 2. The molecule has 0 bridgehead atoms. The molecule has 9 nitrogen and oxygen atoms in total. The van der Waals surface area contributed by atoms with Crippen LogP contribution >= 0.6 is 0 Å². The molecule has 4 aromatic rings. The van der Waals surface area contributed by atoms with Crippen molar-refractivity contribution < 1.29 is 9.72 Å². The van der Waals surface area contributed by atoms with E-state index in [1.165, 1.54) is 24.3 Å². The first-order valence-corrected chi connectivity index (χ1v) is 12.3. The van der Waals surface area contributed by atoms with Crippen LogP contribution in [0.15, 0.2) is 77.6 Å². The first-order chi connectivity index (χ1) is 17.8. The molecule has 2 amide bonds. The number of anilines is 1. The minimum absolute atomic E-state index is 0.0600. The average Bonchev–Trinajstić information content (AvgIpc) is 2.91. The molecule has 1 atom stereocenters. The van der Waals surface area contributed by atoms with Crippen molar-refractivity contribution in [3.63, 3.8) is 0 Å². The summed E-state index contributed by atoms with van der Waals surface area (Å²) < 4.78 is 1.58. The zero-order valence-corrected chi connectivity index (χ0v) is 21.0. The lowest BCUT2D eigenvalue weighted by atomic mass is 10.1. The number of nitrogens with one attached hydrogen (secondary N) is 1. The topological polar surface area (TPSA) is 110 Å².